The number of rotatable bonds is 3. The summed E-state index contributed by atoms with van der Waals surface area (Å²) in [6, 6.07) is -0.202. The Hall–Kier alpha value is -0.450. The van der Waals surface area contributed by atoms with Crippen molar-refractivity contribution in [2.75, 3.05) is 0 Å². The van der Waals surface area contributed by atoms with Crippen LogP contribution in [0.25, 0.3) is 0 Å². The third kappa shape index (κ3) is 2.03. The van der Waals surface area contributed by atoms with Gasteiger partial charge in [-0.2, -0.15) is 0 Å². The highest BCUT2D eigenvalue weighted by Crippen LogP contribution is 2.19. The van der Waals surface area contributed by atoms with E-state index in [1.54, 1.807) is 0 Å². The summed E-state index contributed by atoms with van der Waals surface area (Å²) in [6.07, 6.45) is 0.150. The molecule has 1 aromatic heterocycles. The Morgan fingerprint density at radius 1 is 1.75 bits per heavy atom. The first-order valence-corrected chi connectivity index (χ1v) is 4.88. The molecule has 1 aromatic rings. The highest BCUT2D eigenvalue weighted by Gasteiger charge is 2.17. The van der Waals surface area contributed by atoms with Crippen molar-refractivity contribution in [2.45, 2.75) is 32.4 Å². The van der Waals surface area contributed by atoms with Gasteiger partial charge in [0.05, 0.1) is 10.7 Å². The maximum Gasteiger partial charge on any atom is 0.112 e. The van der Waals surface area contributed by atoms with Crippen LogP contribution in [0.2, 0.25) is 0 Å². The number of aliphatic hydroxyl groups is 1. The molecular weight excluding hydrogens is 172 g/mol. The normalized spacial score (nSPS) is 16.0. The lowest BCUT2D eigenvalue weighted by Gasteiger charge is -2.14. The van der Waals surface area contributed by atoms with Crippen LogP contribution in [0.15, 0.2) is 5.38 Å². The fraction of sp³-hybridized carbons (Fsp3) is 0.625. The van der Waals surface area contributed by atoms with Crippen LogP contribution in [0, 0.1) is 6.92 Å². The molecule has 0 aliphatic heterocycles. The number of thiazole rings is 1. The number of hydrogen-bond acceptors (Lipinski definition) is 4. The van der Waals surface area contributed by atoms with Crippen molar-refractivity contribution in [3.8, 4) is 0 Å². The van der Waals surface area contributed by atoms with Gasteiger partial charge in [0, 0.05) is 11.4 Å². The van der Waals surface area contributed by atoms with E-state index in [2.05, 4.69) is 4.98 Å². The molecule has 0 bridgehead atoms. The fourth-order valence-electron chi connectivity index (χ4n) is 0.959. The van der Waals surface area contributed by atoms with E-state index in [0.717, 1.165) is 11.4 Å². The van der Waals surface area contributed by atoms with E-state index in [-0.39, 0.29) is 6.04 Å². The largest absolute Gasteiger partial charge is 0.385 e. The third-order valence-corrected chi connectivity index (χ3v) is 2.61. The molecular formula is C8H14N2OS. The van der Waals surface area contributed by atoms with E-state index in [9.17, 15) is 5.11 Å². The predicted molar refractivity (Wildman–Crippen MR) is 50.1 cm³/mol. The van der Waals surface area contributed by atoms with E-state index in [1.807, 2.05) is 19.2 Å². The molecule has 0 saturated heterocycles. The standard InChI is InChI=1S/C8H14N2OS/c1-3-6(9)8(11)7-4-12-5(2)10-7/h4,6,8,11H,3,9H2,1-2H3. The van der Waals surface area contributed by atoms with Crippen molar-refractivity contribution in [1.82, 2.24) is 4.98 Å². The Morgan fingerprint density at radius 3 is 2.83 bits per heavy atom. The predicted octanol–water partition coefficient (Wildman–Crippen LogP) is 1.22. The molecule has 0 aliphatic rings. The summed E-state index contributed by atoms with van der Waals surface area (Å²) in [7, 11) is 0. The molecule has 3 N–H and O–H groups in total. The van der Waals surface area contributed by atoms with Crippen molar-refractivity contribution in [3.63, 3.8) is 0 Å². The lowest BCUT2D eigenvalue weighted by Crippen LogP contribution is -2.27. The minimum atomic E-state index is -0.611. The third-order valence-electron chi connectivity index (χ3n) is 1.82. The Kier molecular flexibility index (Phi) is 3.20. The van der Waals surface area contributed by atoms with Gasteiger partial charge in [0.1, 0.15) is 6.10 Å². The van der Waals surface area contributed by atoms with Gasteiger partial charge in [-0.15, -0.1) is 11.3 Å². The molecule has 0 aromatic carbocycles. The second-order valence-electron chi connectivity index (χ2n) is 2.81. The average molecular weight is 186 g/mol. The first-order valence-electron chi connectivity index (χ1n) is 4.00. The molecule has 2 atom stereocenters. The Labute approximate surface area is 76.3 Å². The van der Waals surface area contributed by atoms with Crippen LogP contribution in [0.1, 0.15) is 30.2 Å². The number of aromatic nitrogens is 1. The topological polar surface area (TPSA) is 59.1 Å². The van der Waals surface area contributed by atoms with Crippen molar-refractivity contribution in [2.24, 2.45) is 5.73 Å². The van der Waals surface area contributed by atoms with Crippen LogP contribution in [0.4, 0.5) is 0 Å². The molecule has 0 spiro atoms. The van der Waals surface area contributed by atoms with Crippen LogP contribution in [-0.4, -0.2) is 16.1 Å². The second-order valence-corrected chi connectivity index (χ2v) is 3.87. The molecule has 0 radical (unpaired) electrons. The molecule has 4 heteroatoms. The zero-order chi connectivity index (χ0) is 9.14. The van der Waals surface area contributed by atoms with Crippen molar-refractivity contribution < 1.29 is 5.11 Å². The van der Waals surface area contributed by atoms with E-state index < -0.39 is 6.10 Å². The van der Waals surface area contributed by atoms with E-state index in [0.29, 0.717) is 5.69 Å². The average Bonchev–Trinajstić information content (AvgIpc) is 2.49. The summed E-state index contributed by atoms with van der Waals surface area (Å²) in [5.41, 5.74) is 6.37. The zero-order valence-electron chi connectivity index (χ0n) is 7.32. The van der Waals surface area contributed by atoms with E-state index in [4.69, 9.17) is 5.73 Å². The van der Waals surface area contributed by atoms with Crippen LogP contribution in [-0.2, 0) is 0 Å². The molecule has 0 saturated carbocycles. The molecule has 0 fully saturated rings. The molecule has 3 nitrogen and oxygen atoms in total. The molecule has 1 heterocycles. The summed E-state index contributed by atoms with van der Waals surface area (Å²) in [6.45, 7) is 3.87. The first kappa shape index (κ1) is 9.64. The maximum absolute atomic E-state index is 9.62. The summed E-state index contributed by atoms with van der Waals surface area (Å²) < 4.78 is 0. The summed E-state index contributed by atoms with van der Waals surface area (Å²) in [5.74, 6) is 0. The van der Waals surface area contributed by atoms with Gasteiger partial charge in [0.2, 0.25) is 0 Å². The smallest absolute Gasteiger partial charge is 0.112 e. The number of nitrogens with two attached hydrogens (primary N) is 1. The number of aryl methyl sites for hydroxylation is 1. The Bertz CT molecular complexity index is 249. The molecule has 68 valence electrons. The van der Waals surface area contributed by atoms with Gasteiger partial charge < -0.3 is 10.8 Å². The highest BCUT2D eigenvalue weighted by molar-refractivity contribution is 7.09. The van der Waals surface area contributed by atoms with Gasteiger partial charge in [0.25, 0.3) is 0 Å². The van der Waals surface area contributed by atoms with E-state index in [1.165, 1.54) is 11.3 Å². The highest BCUT2D eigenvalue weighted by atomic mass is 32.1. The van der Waals surface area contributed by atoms with Crippen molar-refractivity contribution in [1.29, 1.82) is 0 Å². The monoisotopic (exact) mass is 186 g/mol. The van der Waals surface area contributed by atoms with Gasteiger partial charge in [-0.25, -0.2) is 4.98 Å². The molecule has 1 rings (SSSR count). The summed E-state index contributed by atoms with van der Waals surface area (Å²) >= 11 is 1.53. The van der Waals surface area contributed by atoms with Gasteiger partial charge >= 0.3 is 0 Å². The lowest BCUT2D eigenvalue weighted by atomic mass is 10.1. The Balaban J connectivity index is 2.70. The molecule has 0 aliphatic carbocycles. The van der Waals surface area contributed by atoms with Crippen LogP contribution < -0.4 is 5.73 Å². The first-order chi connectivity index (χ1) is 5.65. The minimum Gasteiger partial charge on any atom is -0.385 e. The van der Waals surface area contributed by atoms with Gasteiger partial charge in [-0.05, 0) is 13.3 Å². The summed E-state index contributed by atoms with van der Waals surface area (Å²) in [5, 5.41) is 12.4. The van der Waals surface area contributed by atoms with Gasteiger partial charge in [0.15, 0.2) is 0 Å². The number of aliphatic hydroxyl groups excluding tert-OH is 1. The molecule has 2 unspecified atom stereocenters. The number of hydrogen-bond donors (Lipinski definition) is 2. The van der Waals surface area contributed by atoms with Crippen LogP contribution in [0.5, 0.6) is 0 Å². The van der Waals surface area contributed by atoms with Gasteiger partial charge in [-0.1, -0.05) is 6.92 Å². The van der Waals surface area contributed by atoms with E-state index >= 15 is 0 Å². The Morgan fingerprint density at radius 2 is 2.42 bits per heavy atom. The van der Waals surface area contributed by atoms with Gasteiger partial charge in [-0.3, -0.25) is 0 Å². The quantitative estimate of drug-likeness (QED) is 0.746. The molecule has 12 heavy (non-hydrogen) atoms. The maximum atomic E-state index is 9.62. The second kappa shape index (κ2) is 3.98. The fourth-order valence-corrected chi connectivity index (χ4v) is 1.60. The van der Waals surface area contributed by atoms with Crippen molar-refractivity contribution >= 4 is 11.3 Å². The van der Waals surface area contributed by atoms with Crippen LogP contribution in [0.3, 0.4) is 0 Å². The lowest BCUT2D eigenvalue weighted by molar-refractivity contribution is 0.140. The minimum absolute atomic E-state index is 0.202. The molecule has 0 amide bonds. The SMILES string of the molecule is CCC(N)C(O)c1csc(C)n1. The van der Waals surface area contributed by atoms with Crippen molar-refractivity contribution in [3.05, 3.63) is 16.1 Å². The zero-order valence-corrected chi connectivity index (χ0v) is 8.14. The number of nitrogens with zero attached hydrogens (tertiary/aromatic N) is 1. The summed E-state index contributed by atoms with van der Waals surface area (Å²) in [4.78, 5) is 4.17. The van der Waals surface area contributed by atoms with Crippen LogP contribution >= 0.6 is 11.3 Å².